The molecule has 1 aromatic rings. The number of aliphatic carboxylic acids is 1. The highest BCUT2D eigenvalue weighted by molar-refractivity contribution is 7.16. The molecular formula is C14H19N3O5S. The molecule has 0 radical (unpaired) electrons. The molecule has 0 aliphatic carbocycles. The van der Waals surface area contributed by atoms with E-state index in [0.29, 0.717) is 11.4 Å². The molecule has 0 fully saturated rings. The van der Waals surface area contributed by atoms with E-state index in [9.17, 15) is 19.2 Å². The van der Waals surface area contributed by atoms with E-state index in [2.05, 4.69) is 10.6 Å². The molecule has 3 amide bonds. The Bertz CT molecular complexity index is 626. The summed E-state index contributed by atoms with van der Waals surface area (Å²) in [7, 11) is 0. The minimum absolute atomic E-state index is 0.171. The third-order valence-electron chi connectivity index (χ3n) is 2.96. The monoisotopic (exact) mass is 341 g/mol. The van der Waals surface area contributed by atoms with Gasteiger partial charge in [-0.1, -0.05) is 13.8 Å². The number of nitrogens with one attached hydrogen (secondary N) is 2. The number of anilines is 1. The highest BCUT2D eigenvalue weighted by Crippen LogP contribution is 2.29. The van der Waals surface area contributed by atoms with Gasteiger partial charge in [-0.25, -0.2) is 4.79 Å². The second-order valence-corrected chi connectivity index (χ2v) is 5.88. The van der Waals surface area contributed by atoms with Crippen LogP contribution < -0.4 is 16.4 Å². The maximum atomic E-state index is 12.3. The van der Waals surface area contributed by atoms with E-state index in [1.165, 1.54) is 11.3 Å². The van der Waals surface area contributed by atoms with Crippen molar-refractivity contribution in [2.45, 2.75) is 39.2 Å². The number of hydrogen-bond donors (Lipinski definition) is 4. The van der Waals surface area contributed by atoms with E-state index in [-0.39, 0.29) is 17.9 Å². The zero-order valence-corrected chi connectivity index (χ0v) is 13.7. The van der Waals surface area contributed by atoms with Gasteiger partial charge in [-0.3, -0.25) is 14.4 Å². The number of aryl methyl sites for hydroxylation is 1. The Kier molecular flexibility index (Phi) is 6.70. The maximum Gasteiger partial charge on any atom is 0.326 e. The Labute approximate surface area is 137 Å². The number of carbonyl (C=O) groups is 4. The number of nitrogens with two attached hydrogens (primary N) is 1. The summed E-state index contributed by atoms with van der Waals surface area (Å²) in [4.78, 5) is 46.7. The van der Waals surface area contributed by atoms with Crippen LogP contribution in [0.2, 0.25) is 0 Å². The summed E-state index contributed by atoms with van der Waals surface area (Å²) >= 11 is 1.25. The second kappa shape index (κ2) is 8.28. The van der Waals surface area contributed by atoms with Crippen molar-refractivity contribution in [2.75, 3.05) is 5.32 Å². The molecule has 0 spiro atoms. The molecule has 0 saturated heterocycles. The van der Waals surface area contributed by atoms with E-state index in [1.807, 2.05) is 6.92 Å². The summed E-state index contributed by atoms with van der Waals surface area (Å²) in [5.41, 5.74) is 5.15. The Morgan fingerprint density at radius 3 is 2.43 bits per heavy atom. The normalized spacial score (nSPS) is 11.6. The van der Waals surface area contributed by atoms with Crippen LogP contribution >= 0.6 is 11.3 Å². The number of hydrogen-bond acceptors (Lipinski definition) is 5. The van der Waals surface area contributed by atoms with E-state index >= 15 is 0 Å². The molecule has 1 atom stereocenters. The van der Waals surface area contributed by atoms with Crippen molar-refractivity contribution in [2.24, 2.45) is 5.73 Å². The predicted molar refractivity (Wildman–Crippen MR) is 85.3 cm³/mol. The van der Waals surface area contributed by atoms with Gasteiger partial charge in [-0.15, -0.1) is 11.3 Å². The first-order valence-electron chi connectivity index (χ1n) is 7.02. The molecule has 5 N–H and O–H groups in total. The first-order valence-corrected chi connectivity index (χ1v) is 7.84. The first-order chi connectivity index (χ1) is 10.8. The van der Waals surface area contributed by atoms with Crippen molar-refractivity contribution < 1.29 is 24.3 Å². The van der Waals surface area contributed by atoms with Gasteiger partial charge in [0, 0.05) is 11.3 Å². The molecule has 1 heterocycles. The summed E-state index contributed by atoms with van der Waals surface area (Å²) in [6.07, 6.45) is 0.402. The molecule has 8 nitrogen and oxygen atoms in total. The molecule has 1 unspecified atom stereocenters. The van der Waals surface area contributed by atoms with Gasteiger partial charge in [0.2, 0.25) is 11.8 Å². The van der Waals surface area contributed by atoms with Gasteiger partial charge < -0.3 is 21.5 Å². The summed E-state index contributed by atoms with van der Waals surface area (Å²) in [5.74, 6) is -3.13. The van der Waals surface area contributed by atoms with Crippen LogP contribution in [-0.4, -0.2) is 34.8 Å². The lowest BCUT2D eigenvalue weighted by Crippen LogP contribution is -2.43. The van der Waals surface area contributed by atoms with E-state index in [4.69, 9.17) is 10.8 Å². The molecule has 0 aliphatic rings. The zero-order chi connectivity index (χ0) is 17.6. The van der Waals surface area contributed by atoms with Gasteiger partial charge in [0.1, 0.15) is 11.0 Å². The number of thiophene rings is 1. The van der Waals surface area contributed by atoms with Crippen molar-refractivity contribution >= 4 is 40.0 Å². The van der Waals surface area contributed by atoms with Crippen LogP contribution in [0.3, 0.4) is 0 Å². The molecule has 23 heavy (non-hydrogen) atoms. The van der Waals surface area contributed by atoms with Crippen LogP contribution in [0.5, 0.6) is 0 Å². The highest BCUT2D eigenvalue weighted by Gasteiger charge is 2.25. The summed E-state index contributed by atoms with van der Waals surface area (Å²) in [6, 6.07) is 0.175. The third kappa shape index (κ3) is 5.37. The topological polar surface area (TPSA) is 139 Å². The largest absolute Gasteiger partial charge is 0.480 e. The van der Waals surface area contributed by atoms with Gasteiger partial charge in [0.05, 0.1) is 12.0 Å². The minimum atomic E-state index is -1.42. The van der Waals surface area contributed by atoms with Crippen LogP contribution in [0.1, 0.15) is 41.9 Å². The number of carboxylic acids is 1. The van der Waals surface area contributed by atoms with Crippen molar-refractivity contribution in [3.05, 3.63) is 16.5 Å². The second-order valence-electron chi connectivity index (χ2n) is 4.75. The molecule has 1 rings (SSSR count). The number of carboxylic acid groups (broad SMARTS) is 1. The lowest BCUT2D eigenvalue weighted by molar-refractivity contribution is -0.140. The fourth-order valence-electron chi connectivity index (χ4n) is 1.73. The molecule has 0 aliphatic heterocycles. The molecular weight excluding hydrogens is 322 g/mol. The molecule has 126 valence electrons. The van der Waals surface area contributed by atoms with Crippen molar-refractivity contribution in [1.29, 1.82) is 0 Å². The quantitative estimate of drug-likeness (QED) is 0.552. The summed E-state index contributed by atoms with van der Waals surface area (Å²) in [5, 5.41) is 14.3. The van der Waals surface area contributed by atoms with Gasteiger partial charge in [-0.2, -0.15) is 0 Å². The fraction of sp³-hybridized carbons (Fsp3) is 0.429. The number of amides is 3. The third-order valence-corrected chi connectivity index (χ3v) is 4.15. The van der Waals surface area contributed by atoms with Gasteiger partial charge in [0.25, 0.3) is 5.91 Å². The summed E-state index contributed by atoms with van der Waals surface area (Å²) < 4.78 is 0. The fourth-order valence-corrected chi connectivity index (χ4v) is 2.74. The van der Waals surface area contributed by atoms with Crippen molar-refractivity contribution in [3.8, 4) is 0 Å². The zero-order valence-electron chi connectivity index (χ0n) is 12.8. The lowest BCUT2D eigenvalue weighted by atomic mass is 10.1. The van der Waals surface area contributed by atoms with Crippen LogP contribution in [0.4, 0.5) is 5.00 Å². The number of carbonyl (C=O) groups excluding carboxylic acids is 3. The maximum absolute atomic E-state index is 12.3. The van der Waals surface area contributed by atoms with Gasteiger partial charge >= 0.3 is 5.97 Å². The highest BCUT2D eigenvalue weighted by atomic mass is 32.1. The Morgan fingerprint density at radius 1 is 1.30 bits per heavy atom. The smallest absolute Gasteiger partial charge is 0.326 e. The summed E-state index contributed by atoms with van der Waals surface area (Å²) in [6.45, 7) is 3.57. The van der Waals surface area contributed by atoms with E-state index in [0.717, 1.165) is 4.88 Å². The van der Waals surface area contributed by atoms with Crippen LogP contribution in [-0.2, 0) is 20.8 Å². The molecule has 9 heteroatoms. The van der Waals surface area contributed by atoms with Crippen molar-refractivity contribution in [1.82, 2.24) is 5.32 Å². The molecule has 1 aromatic heterocycles. The van der Waals surface area contributed by atoms with Crippen LogP contribution in [0.25, 0.3) is 0 Å². The van der Waals surface area contributed by atoms with Gasteiger partial charge in [-0.05, 0) is 12.5 Å². The molecule has 0 bridgehead atoms. The Hall–Kier alpha value is -2.42. The standard InChI is InChI=1S/C14H19N3O5S/c1-3-7-5-8(13(23-7)17-11(19)4-2)12(20)16-9(14(21)22)6-10(15)18/h5,9H,3-4,6H2,1-2H3,(H2,15,18)(H,16,20)(H,17,19)(H,21,22). The number of rotatable bonds is 8. The Morgan fingerprint density at radius 2 is 1.96 bits per heavy atom. The van der Waals surface area contributed by atoms with E-state index in [1.54, 1.807) is 13.0 Å². The van der Waals surface area contributed by atoms with Gasteiger partial charge in [0.15, 0.2) is 0 Å². The van der Waals surface area contributed by atoms with Crippen molar-refractivity contribution in [3.63, 3.8) is 0 Å². The molecule has 0 aromatic carbocycles. The van der Waals surface area contributed by atoms with Crippen LogP contribution in [0, 0.1) is 0 Å². The minimum Gasteiger partial charge on any atom is -0.480 e. The first kappa shape index (κ1) is 18.6. The SMILES string of the molecule is CCC(=O)Nc1sc(CC)cc1C(=O)NC(CC(N)=O)C(=O)O. The van der Waals surface area contributed by atoms with E-state index < -0.39 is 30.2 Å². The predicted octanol–water partition coefficient (Wildman–Crippen LogP) is 0.717. The number of primary amides is 1. The average molecular weight is 341 g/mol. The molecule has 0 saturated carbocycles. The van der Waals surface area contributed by atoms with Crippen LogP contribution in [0.15, 0.2) is 6.07 Å². The lowest BCUT2D eigenvalue weighted by Gasteiger charge is -2.13. The Balaban J connectivity index is 3.01. The average Bonchev–Trinajstić information content (AvgIpc) is 2.88.